The molecule has 1 fully saturated rings. The predicted octanol–water partition coefficient (Wildman–Crippen LogP) is 3.11. The molecule has 1 aliphatic heterocycles. The molecule has 0 aliphatic carbocycles. The normalized spacial score (nSPS) is 15.1. The molecule has 0 bridgehead atoms. The number of ether oxygens (including phenoxy) is 1. The van der Waals surface area contributed by atoms with Crippen LogP contribution < -0.4 is 4.74 Å². The van der Waals surface area contributed by atoms with Gasteiger partial charge in [-0.15, -0.1) is 0 Å². The molecular formula is C18H20ClN3O4. The number of hydrogen-bond acceptors (Lipinski definition) is 4. The quantitative estimate of drug-likeness (QED) is 0.865. The van der Waals surface area contributed by atoms with E-state index < -0.39 is 5.97 Å². The van der Waals surface area contributed by atoms with E-state index in [1.165, 1.54) is 12.4 Å². The van der Waals surface area contributed by atoms with Crippen molar-refractivity contribution < 1.29 is 19.4 Å². The highest BCUT2D eigenvalue weighted by Crippen LogP contribution is 2.28. The van der Waals surface area contributed by atoms with Crippen LogP contribution in [0.1, 0.15) is 46.5 Å². The van der Waals surface area contributed by atoms with E-state index in [0.29, 0.717) is 48.9 Å². The maximum Gasteiger partial charge on any atom is 0.338 e. The molecule has 26 heavy (non-hydrogen) atoms. The van der Waals surface area contributed by atoms with E-state index in [-0.39, 0.29) is 17.5 Å². The molecule has 1 amide bonds. The average Bonchev–Trinajstić information content (AvgIpc) is 3.12. The van der Waals surface area contributed by atoms with Gasteiger partial charge in [-0.25, -0.2) is 4.79 Å². The van der Waals surface area contributed by atoms with Gasteiger partial charge in [0, 0.05) is 24.3 Å². The first-order valence-corrected chi connectivity index (χ1v) is 8.86. The van der Waals surface area contributed by atoms with E-state index in [9.17, 15) is 9.59 Å². The van der Waals surface area contributed by atoms with Crippen molar-refractivity contribution >= 4 is 23.5 Å². The number of benzene rings is 1. The molecule has 0 unspecified atom stereocenters. The zero-order valence-corrected chi connectivity index (χ0v) is 15.1. The van der Waals surface area contributed by atoms with Crippen molar-refractivity contribution in [2.24, 2.45) is 0 Å². The van der Waals surface area contributed by atoms with Crippen molar-refractivity contribution in [3.8, 4) is 5.75 Å². The summed E-state index contributed by atoms with van der Waals surface area (Å²) in [6.07, 6.45) is 4.31. The second-order valence-electron chi connectivity index (χ2n) is 6.11. The first-order chi connectivity index (χ1) is 12.5. The third-order valence-corrected chi connectivity index (χ3v) is 4.68. The zero-order chi connectivity index (χ0) is 18.7. The lowest BCUT2D eigenvalue weighted by Gasteiger charge is -2.32. The van der Waals surface area contributed by atoms with E-state index in [1.807, 2.05) is 6.92 Å². The van der Waals surface area contributed by atoms with E-state index in [1.54, 1.807) is 27.8 Å². The van der Waals surface area contributed by atoms with Gasteiger partial charge in [-0.1, -0.05) is 11.6 Å². The third-order valence-electron chi connectivity index (χ3n) is 4.45. The number of amides is 1. The number of hydrogen-bond donors (Lipinski definition) is 1. The summed E-state index contributed by atoms with van der Waals surface area (Å²) in [5, 5.41) is 13.7. The lowest BCUT2D eigenvalue weighted by Crippen LogP contribution is -2.39. The Kier molecular flexibility index (Phi) is 5.46. The van der Waals surface area contributed by atoms with Crippen molar-refractivity contribution in [2.45, 2.75) is 25.8 Å². The van der Waals surface area contributed by atoms with Crippen LogP contribution in [0.4, 0.5) is 0 Å². The first kappa shape index (κ1) is 18.3. The summed E-state index contributed by atoms with van der Waals surface area (Å²) in [4.78, 5) is 25.6. The minimum Gasteiger partial charge on any atom is -0.493 e. The van der Waals surface area contributed by atoms with E-state index in [2.05, 4.69) is 5.10 Å². The maximum atomic E-state index is 12.8. The van der Waals surface area contributed by atoms with Gasteiger partial charge in [0.1, 0.15) is 5.75 Å². The highest BCUT2D eigenvalue weighted by molar-refractivity contribution is 6.30. The maximum absolute atomic E-state index is 12.8. The molecule has 8 heteroatoms. The molecule has 0 spiro atoms. The van der Waals surface area contributed by atoms with Crippen LogP contribution in [-0.2, 0) is 0 Å². The van der Waals surface area contributed by atoms with Crippen molar-refractivity contribution in [1.29, 1.82) is 0 Å². The number of piperidine rings is 1. The van der Waals surface area contributed by atoms with Crippen LogP contribution in [0.2, 0.25) is 5.02 Å². The number of nitrogens with zero attached hydrogens (tertiary/aromatic N) is 3. The molecule has 0 saturated carbocycles. The Morgan fingerprint density at radius 1 is 1.35 bits per heavy atom. The smallest absolute Gasteiger partial charge is 0.338 e. The molecule has 0 atom stereocenters. The summed E-state index contributed by atoms with van der Waals surface area (Å²) < 4.78 is 7.22. The highest BCUT2D eigenvalue weighted by Gasteiger charge is 2.27. The Morgan fingerprint density at radius 3 is 2.69 bits per heavy atom. The molecule has 3 rings (SSSR count). The Labute approximate surface area is 156 Å². The Bertz CT molecular complexity index is 813. The van der Waals surface area contributed by atoms with Gasteiger partial charge in [0.25, 0.3) is 5.91 Å². The number of rotatable bonds is 5. The van der Waals surface area contributed by atoms with Gasteiger partial charge in [0.2, 0.25) is 0 Å². The van der Waals surface area contributed by atoms with E-state index >= 15 is 0 Å². The zero-order valence-electron chi connectivity index (χ0n) is 14.4. The molecule has 1 saturated heterocycles. The number of carboxylic acids is 1. The molecule has 1 N–H and O–H groups in total. The van der Waals surface area contributed by atoms with Crippen LogP contribution in [-0.4, -0.2) is 51.4 Å². The molecule has 138 valence electrons. The van der Waals surface area contributed by atoms with Gasteiger partial charge in [-0.05, 0) is 38.0 Å². The number of carbonyl (C=O) groups excluding carboxylic acids is 1. The largest absolute Gasteiger partial charge is 0.493 e. The molecule has 7 nitrogen and oxygen atoms in total. The van der Waals surface area contributed by atoms with Gasteiger partial charge in [-0.2, -0.15) is 5.10 Å². The number of halogens is 1. The van der Waals surface area contributed by atoms with Crippen LogP contribution in [0.25, 0.3) is 0 Å². The Morgan fingerprint density at radius 2 is 2.08 bits per heavy atom. The fraction of sp³-hybridized carbons (Fsp3) is 0.389. The van der Waals surface area contributed by atoms with Gasteiger partial charge < -0.3 is 14.7 Å². The number of carboxylic acid groups (broad SMARTS) is 1. The number of aromatic nitrogens is 2. The van der Waals surface area contributed by atoms with Gasteiger partial charge in [0.05, 0.1) is 30.0 Å². The van der Waals surface area contributed by atoms with Crippen LogP contribution >= 0.6 is 11.6 Å². The van der Waals surface area contributed by atoms with Crippen molar-refractivity contribution in [3.63, 3.8) is 0 Å². The highest BCUT2D eigenvalue weighted by atomic mass is 35.5. The second kappa shape index (κ2) is 7.78. The monoisotopic (exact) mass is 377 g/mol. The summed E-state index contributed by atoms with van der Waals surface area (Å²) in [5.41, 5.74) is 0.674. The topological polar surface area (TPSA) is 84.7 Å². The summed E-state index contributed by atoms with van der Waals surface area (Å²) in [6, 6.07) is 5.11. The number of likely N-dealkylation sites (tertiary alicyclic amines) is 1. The Balaban J connectivity index is 1.67. The van der Waals surface area contributed by atoms with Gasteiger partial charge >= 0.3 is 5.97 Å². The van der Waals surface area contributed by atoms with Gasteiger partial charge in [-0.3, -0.25) is 9.48 Å². The van der Waals surface area contributed by atoms with Crippen LogP contribution in [0.3, 0.4) is 0 Å². The van der Waals surface area contributed by atoms with Crippen LogP contribution in [0.15, 0.2) is 30.6 Å². The predicted molar refractivity (Wildman–Crippen MR) is 96.0 cm³/mol. The van der Waals surface area contributed by atoms with E-state index in [0.717, 1.165) is 0 Å². The van der Waals surface area contributed by atoms with Gasteiger partial charge in [0.15, 0.2) is 0 Å². The van der Waals surface area contributed by atoms with Crippen LogP contribution in [0, 0.1) is 0 Å². The molecular weight excluding hydrogens is 358 g/mol. The molecule has 1 aliphatic rings. The lowest BCUT2D eigenvalue weighted by molar-refractivity contribution is 0.0684. The minimum absolute atomic E-state index is 0.0868. The fourth-order valence-corrected chi connectivity index (χ4v) is 3.26. The standard InChI is InChI=1S/C18H20ClN3O4/c1-2-26-16-9-13(19)3-4-15(16)17(23)21-7-5-14(6-8-21)22-11-12(10-20-22)18(24)25/h3-4,9-11,14H,2,5-8H2,1H3,(H,24,25). The third kappa shape index (κ3) is 3.83. The van der Waals surface area contributed by atoms with Crippen molar-refractivity contribution in [2.75, 3.05) is 19.7 Å². The molecule has 2 heterocycles. The molecule has 1 aromatic carbocycles. The molecule has 1 aromatic heterocycles. The number of aromatic carboxylic acids is 1. The average molecular weight is 378 g/mol. The molecule has 0 radical (unpaired) electrons. The lowest BCUT2D eigenvalue weighted by atomic mass is 10.0. The van der Waals surface area contributed by atoms with Crippen molar-refractivity contribution in [3.05, 3.63) is 46.7 Å². The summed E-state index contributed by atoms with van der Waals surface area (Å²) in [7, 11) is 0. The molecule has 2 aromatic rings. The first-order valence-electron chi connectivity index (χ1n) is 8.48. The summed E-state index contributed by atoms with van der Waals surface area (Å²) in [5.74, 6) is -0.587. The van der Waals surface area contributed by atoms with E-state index in [4.69, 9.17) is 21.4 Å². The summed E-state index contributed by atoms with van der Waals surface area (Å²) in [6.45, 7) is 3.45. The van der Waals surface area contributed by atoms with Crippen LogP contribution in [0.5, 0.6) is 5.75 Å². The second-order valence-corrected chi connectivity index (χ2v) is 6.55. The van der Waals surface area contributed by atoms with Crippen molar-refractivity contribution in [1.82, 2.24) is 14.7 Å². The SMILES string of the molecule is CCOc1cc(Cl)ccc1C(=O)N1CCC(n2cc(C(=O)O)cn2)CC1. The summed E-state index contributed by atoms with van der Waals surface area (Å²) >= 11 is 6.00. The Hall–Kier alpha value is -2.54. The minimum atomic E-state index is -0.991. The fourth-order valence-electron chi connectivity index (χ4n) is 3.10. The number of carbonyl (C=O) groups is 2.